The Morgan fingerprint density at radius 3 is 2.89 bits per heavy atom. The van der Waals surface area contributed by atoms with Crippen molar-refractivity contribution in [2.75, 3.05) is 31.2 Å². The Morgan fingerprint density at radius 2 is 2.28 bits per heavy atom. The molecule has 0 saturated heterocycles. The fourth-order valence-electron chi connectivity index (χ4n) is 1.67. The smallest absolute Gasteiger partial charge is 0.225 e. The van der Waals surface area contributed by atoms with Crippen LogP contribution in [0, 0.1) is 0 Å². The topological polar surface area (TPSA) is 78.6 Å². The lowest BCUT2D eigenvalue weighted by Crippen LogP contribution is -2.30. The molecule has 0 spiro atoms. The first kappa shape index (κ1) is 14.5. The Balaban J connectivity index is 2.34. The van der Waals surface area contributed by atoms with Gasteiger partial charge >= 0.3 is 0 Å². The van der Waals surface area contributed by atoms with E-state index in [1.807, 2.05) is 11.9 Å². The fourth-order valence-corrected chi connectivity index (χ4v) is 1.67. The minimum Gasteiger partial charge on any atom is -0.399 e. The second-order valence-corrected chi connectivity index (χ2v) is 4.53. The maximum atomic E-state index is 11.7. The van der Waals surface area contributed by atoms with Crippen LogP contribution < -0.4 is 11.1 Å². The lowest BCUT2D eigenvalue weighted by molar-refractivity contribution is -0.116. The number of nitrogens with two attached hydrogens (primary N) is 1. The van der Waals surface area contributed by atoms with Crippen molar-refractivity contribution in [3.63, 3.8) is 0 Å². The van der Waals surface area contributed by atoms with Gasteiger partial charge < -0.3 is 21.1 Å². The van der Waals surface area contributed by atoms with Gasteiger partial charge in [0.05, 0.1) is 6.10 Å². The third-order valence-corrected chi connectivity index (χ3v) is 2.47. The second-order valence-electron chi connectivity index (χ2n) is 4.53. The van der Waals surface area contributed by atoms with Gasteiger partial charge in [-0.25, -0.2) is 0 Å². The van der Waals surface area contributed by atoms with Crippen LogP contribution in [0.5, 0.6) is 0 Å². The zero-order chi connectivity index (χ0) is 13.5. The van der Waals surface area contributed by atoms with Crippen molar-refractivity contribution in [3.05, 3.63) is 24.3 Å². The van der Waals surface area contributed by atoms with Crippen LogP contribution in [0.25, 0.3) is 0 Å². The number of nitrogen functional groups attached to an aromatic ring is 1. The maximum Gasteiger partial charge on any atom is 0.225 e. The molecule has 18 heavy (non-hydrogen) atoms. The van der Waals surface area contributed by atoms with Crippen molar-refractivity contribution in [2.45, 2.75) is 19.4 Å². The van der Waals surface area contributed by atoms with Gasteiger partial charge in [0.25, 0.3) is 0 Å². The molecule has 1 amide bonds. The number of aliphatic hydroxyl groups excluding tert-OH is 1. The van der Waals surface area contributed by atoms with Crippen molar-refractivity contribution >= 4 is 17.3 Å². The molecule has 5 heteroatoms. The van der Waals surface area contributed by atoms with Crippen molar-refractivity contribution in [1.29, 1.82) is 0 Å². The number of benzene rings is 1. The first-order valence-corrected chi connectivity index (χ1v) is 5.99. The van der Waals surface area contributed by atoms with Gasteiger partial charge in [-0.3, -0.25) is 4.79 Å². The predicted octanol–water partition coefficient (Wildman–Crippen LogP) is 0.910. The summed E-state index contributed by atoms with van der Waals surface area (Å²) >= 11 is 0. The van der Waals surface area contributed by atoms with Crippen LogP contribution in [0.3, 0.4) is 0 Å². The summed E-state index contributed by atoms with van der Waals surface area (Å²) in [6.45, 7) is 2.90. The molecular formula is C13H21N3O2. The summed E-state index contributed by atoms with van der Waals surface area (Å²) in [7, 11) is 1.88. The number of aliphatic hydroxyl groups is 1. The number of anilines is 2. The number of hydrogen-bond donors (Lipinski definition) is 3. The molecule has 1 aromatic carbocycles. The van der Waals surface area contributed by atoms with Crippen LogP contribution >= 0.6 is 0 Å². The second kappa shape index (κ2) is 6.98. The van der Waals surface area contributed by atoms with Crippen LogP contribution in [0.2, 0.25) is 0 Å². The number of nitrogens with zero attached hydrogens (tertiary/aromatic N) is 1. The lowest BCUT2D eigenvalue weighted by atomic mass is 10.2. The van der Waals surface area contributed by atoms with E-state index in [1.165, 1.54) is 0 Å². The molecule has 4 N–H and O–H groups in total. The van der Waals surface area contributed by atoms with E-state index in [-0.39, 0.29) is 12.0 Å². The molecular weight excluding hydrogens is 230 g/mol. The van der Waals surface area contributed by atoms with E-state index < -0.39 is 0 Å². The van der Waals surface area contributed by atoms with Crippen LogP contribution in [-0.2, 0) is 4.79 Å². The molecule has 0 saturated carbocycles. The number of rotatable bonds is 6. The minimum atomic E-state index is -0.382. The summed E-state index contributed by atoms with van der Waals surface area (Å²) in [6, 6.07) is 7.09. The largest absolute Gasteiger partial charge is 0.399 e. The Labute approximate surface area is 108 Å². The molecule has 100 valence electrons. The Kier molecular flexibility index (Phi) is 5.61. The van der Waals surface area contributed by atoms with E-state index >= 15 is 0 Å². The number of amides is 1. The molecule has 0 aliphatic rings. The van der Waals surface area contributed by atoms with E-state index in [1.54, 1.807) is 31.2 Å². The molecule has 0 radical (unpaired) electrons. The number of hydrogen-bond acceptors (Lipinski definition) is 4. The number of carbonyl (C=O) groups excluding carboxylic acids is 1. The number of nitrogens with one attached hydrogen (secondary N) is 1. The first-order chi connectivity index (χ1) is 8.47. The zero-order valence-electron chi connectivity index (χ0n) is 10.9. The molecule has 1 rings (SSSR count). The molecule has 5 nitrogen and oxygen atoms in total. The minimum absolute atomic E-state index is 0.0574. The molecule has 1 unspecified atom stereocenters. The molecule has 0 fully saturated rings. The quantitative estimate of drug-likeness (QED) is 0.657. The fraction of sp³-hybridized carbons (Fsp3) is 0.462. The molecule has 0 aliphatic carbocycles. The summed E-state index contributed by atoms with van der Waals surface area (Å²) in [5.74, 6) is -0.0574. The van der Waals surface area contributed by atoms with Gasteiger partial charge in [0.1, 0.15) is 0 Å². The first-order valence-electron chi connectivity index (χ1n) is 5.99. The van der Waals surface area contributed by atoms with E-state index in [0.29, 0.717) is 30.9 Å². The maximum absolute atomic E-state index is 11.7. The Morgan fingerprint density at radius 1 is 1.56 bits per heavy atom. The van der Waals surface area contributed by atoms with Crippen LogP contribution in [0.15, 0.2) is 24.3 Å². The van der Waals surface area contributed by atoms with Gasteiger partial charge in [0.2, 0.25) is 5.91 Å². The highest BCUT2D eigenvalue weighted by atomic mass is 16.3. The molecule has 0 heterocycles. The highest BCUT2D eigenvalue weighted by molar-refractivity contribution is 5.91. The average Bonchev–Trinajstić information content (AvgIpc) is 2.25. The van der Waals surface area contributed by atoms with Crippen molar-refractivity contribution in [3.8, 4) is 0 Å². The summed E-state index contributed by atoms with van der Waals surface area (Å²) in [5, 5.41) is 12.0. The molecule has 1 aromatic rings. The molecule has 1 atom stereocenters. The summed E-state index contributed by atoms with van der Waals surface area (Å²) < 4.78 is 0. The summed E-state index contributed by atoms with van der Waals surface area (Å²) in [6.07, 6.45) is 0.00450. The molecule has 0 bridgehead atoms. The van der Waals surface area contributed by atoms with E-state index in [4.69, 9.17) is 5.73 Å². The Hall–Kier alpha value is -1.59. The number of carbonyl (C=O) groups is 1. The van der Waals surface area contributed by atoms with Crippen molar-refractivity contribution < 1.29 is 9.90 Å². The van der Waals surface area contributed by atoms with Crippen LogP contribution in [0.1, 0.15) is 13.3 Å². The van der Waals surface area contributed by atoms with Crippen molar-refractivity contribution in [2.24, 2.45) is 0 Å². The summed E-state index contributed by atoms with van der Waals surface area (Å²) in [5.41, 5.74) is 6.95. The Bertz CT molecular complexity index is 394. The highest BCUT2D eigenvalue weighted by Crippen LogP contribution is 2.11. The molecule has 0 aliphatic heterocycles. The third kappa shape index (κ3) is 5.65. The average molecular weight is 251 g/mol. The zero-order valence-corrected chi connectivity index (χ0v) is 10.9. The monoisotopic (exact) mass is 251 g/mol. The van der Waals surface area contributed by atoms with E-state index in [9.17, 15) is 9.90 Å². The third-order valence-electron chi connectivity index (χ3n) is 2.47. The predicted molar refractivity (Wildman–Crippen MR) is 73.3 cm³/mol. The van der Waals surface area contributed by atoms with Crippen LogP contribution in [0.4, 0.5) is 11.4 Å². The summed E-state index contributed by atoms with van der Waals surface area (Å²) in [4.78, 5) is 13.6. The van der Waals surface area contributed by atoms with Gasteiger partial charge in [-0.05, 0) is 32.2 Å². The SMILES string of the molecule is CC(O)CN(C)CCC(=O)Nc1cccc(N)c1. The normalized spacial score (nSPS) is 12.4. The van der Waals surface area contributed by atoms with E-state index in [2.05, 4.69) is 5.32 Å². The lowest BCUT2D eigenvalue weighted by Gasteiger charge is -2.17. The van der Waals surface area contributed by atoms with Crippen molar-refractivity contribution in [1.82, 2.24) is 4.90 Å². The van der Waals surface area contributed by atoms with Gasteiger partial charge in [0.15, 0.2) is 0 Å². The van der Waals surface area contributed by atoms with Gasteiger partial charge in [0, 0.05) is 30.9 Å². The van der Waals surface area contributed by atoms with Crippen LogP contribution in [-0.4, -0.2) is 42.2 Å². The highest BCUT2D eigenvalue weighted by Gasteiger charge is 2.07. The van der Waals surface area contributed by atoms with Gasteiger partial charge in [-0.2, -0.15) is 0 Å². The standard InChI is InChI=1S/C13H21N3O2/c1-10(17)9-16(2)7-6-13(18)15-12-5-3-4-11(14)8-12/h3-5,8,10,17H,6-7,9,14H2,1-2H3,(H,15,18). The van der Waals surface area contributed by atoms with Gasteiger partial charge in [-0.15, -0.1) is 0 Å². The number of likely N-dealkylation sites (N-methyl/N-ethyl adjacent to an activating group) is 1. The van der Waals surface area contributed by atoms with E-state index in [0.717, 1.165) is 0 Å². The molecule has 0 aromatic heterocycles. The van der Waals surface area contributed by atoms with Gasteiger partial charge in [-0.1, -0.05) is 6.07 Å².